The Morgan fingerprint density at radius 2 is 1.73 bits per heavy atom. The van der Waals surface area contributed by atoms with Gasteiger partial charge in [0, 0.05) is 49.5 Å². The van der Waals surface area contributed by atoms with Crippen LogP contribution in [0.15, 0.2) is 83.4 Å². The standard InChI is InChI=1S/C46H53Cl2N7O6S/c1-45(2)16-15-31(36(25-45)30-7-9-32(47)10-8-30)27-54-19-21-55(22-20-54)33-11-12-35(40(23-33)61-39-6-4-5-38-41(39)42(49)52-51-38)43(56)53-62(58,59)34-24-37(48)44(50-26-34)60-28-29-13-17-46(3,57)18-14-29/h4-12,23-24,26,29,57H,13-22,25,27-28H2,1-3H3,(H,53,56)(H3,49,51,52). The molecular formula is C46H53Cl2N7O6S. The Labute approximate surface area is 372 Å². The normalized spacial score (nSPS) is 20.9. The van der Waals surface area contributed by atoms with Gasteiger partial charge in [0.2, 0.25) is 5.88 Å². The Hall–Kier alpha value is -4.86. The minimum absolute atomic E-state index is 0.0104. The number of amides is 1. The first kappa shape index (κ1) is 43.8. The number of rotatable bonds is 12. The molecule has 2 aliphatic carbocycles. The van der Waals surface area contributed by atoms with Crippen molar-refractivity contribution in [1.82, 2.24) is 24.8 Å². The van der Waals surface area contributed by atoms with Gasteiger partial charge in [-0.2, -0.15) is 5.10 Å². The molecule has 3 heterocycles. The average molecular weight is 903 g/mol. The van der Waals surface area contributed by atoms with E-state index < -0.39 is 21.5 Å². The van der Waals surface area contributed by atoms with Crippen molar-refractivity contribution in [1.29, 1.82) is 0 Å². The number of fused-ring (bicyclic) bond motifs is 1. The number of hydrogen-bond donors (Lipinski definition) is 4. The van der Waals surface area contributed by atoms with Gasteiger partial charge in [-0.25, -0.2) is 18.1 Å². The number of carbonyl (C=O) groups is 1. The topological polar surface area (TPSA) is 176 Å². The Kier molecular flexibility index (Phi) is 12.5. The third kappa shape index (κ3) is 10.00. The Morgan fingerprint density at radius 1 is 0.984 bits per heavy atom. The number of H-pyrrole nitrogens is 1. The monoisotopic (exact) mass is 901 g/mol. The maximum absolute atomic E-state index is 14.0. The van der Waals surface area contributed by atoms with E-state index in [1.807, 2.05) is 19.1 Å². The molecule has 5 N–H and O–H groups in total. The molecule has 13 nitrogen and oxygen atoms in total. The number of halogens is 2. The lowest BCUT2D eigenvalue weighted by atomic mass is 9.72. The molecule has 62 heavy (non-hydrogen) atoms. The molecular weight excluding hydrogens is 850 g/mol. The number of ether oxygens (including phenoxy) is 2. The van der Waals surface area contributed by atoms with Crippen LogP contribution in [0.25, 0.3) is 16.5 Å². The van der Waals surface area contributed by atoms with Gasteiger partial charge in [-0.3, -0.25) is 14.8 Å². The van der Waals surface area contributed by atoms with Gasteiger partial charge in [0.25, 0.3) is 15.9 Å². The van der Waals surface area contributed by atoms with Crippen molar-refractivity contribution in [2.45, 2.75) is 76.2 Å². The number of allylic oxidation sites excluding steroid dienone is 1. The van der Waals surface area contributed by atoms with Crippen LogP contribution in [0.4, 0.5) is 11.5 Å². The summed E-state index contributed by atoms with van der Waals surface area (Å²) in [4.78, 5) is 22.6. The largest absolute Gasteiger partial charge is 0.476 e. The zero-order valence-corrected chi connectivity index (χ0v) is 37.5. The van der Waals surface area contributed by atoms with Crippen molar-refractivity contribution < 1.29 is 27.8 Å². The van der Waals surface area contributed by atoms with Crippen LogP contribution in [0, 0.1) is 11.3 Å². The van der Waals surface area contributed by atoms with Gasteiger partial charge in [-0.15, -0.1) is 0 Å². The zero-order valence-electron chi connectivity index (χ0n) is 35.2. The van der Waals surface area contributed by atoms with E-state index in [1.165, 1.54) is 22.8 Å². The highest BCUT2D eigenvalue weighted by Gasteiger charge is 2.32. The van der Waals surface area contributed by atoms with Crippen LogP contribution >= 0.6 is 23.2 Å². The second-order valence-electron chi connectivity index (χ2n) is 17.9. The van der Waals surface area contributed by atoms with E-state index in [1.54, 1.807) is 36.4 Å². The minimum atomic E-state index is -4.44. The molecule has 1 amide bonds. The van der Waals surface area contributed by atoms with Gasteiger partial charge in [-0.05, 0) is 117 Å². The highest BCUT2D eigenvalue weighted by atomic mass is 35.5. The third-order valence-corrected chi connectivity index (χ3v) is 14.3. The Bertz CT molecular complexity index is 2600. The van der Waals surface area contributed by atoms with Gasteiger partial charge in [-0.1, -0.05) is 60.8 Å². The lowest BCUT2D eigenvalue weighted by Gasteiger charge is -2.39. The number of aromatic nitrogens is 3. The van der Waals surface area contributed by atoms with Gasteiger partial charge in [0.05, 0.1) is 34.9 Å². The fraction of sp³-hybridized carbons (Fsp3) is 0.413. The van der Waals surface area contributed by atoms with E-state index in [0.29, 0.717) is 36.1 Å². The maximum atomic E-state index is 14.0. The first-order chi connectivity index (χ1) is 29.5. The number of nitrogens with two attached hydrogens (primary N) is 1. The number of benzene rings is 3. The second kappa shape index (κ2) is 17.7. The summed E-state index contributed by atoms with van der Waals surface area (Å²) in [6, 6.07) is 19.8. The van der Waals surface area contributed by atoms with Crippen molar-refractivity contribution in [2.24, 2.45) is 11.3 Å². The first-order valence-electron chi connectivity index (χ1n) is 21.1. The highest BCUT2D eigenvalue weighted by Crippen LogP contribution is 2.44. The molecule has 1 aliphatic heterocycles. The average Bonchev–Trinajstić information content (AvgIpc) is 3.62. The summed E-state index contributed by atoms with van der Waals surface area (Å²) in [5.74, 6) is 0.0967. The fourth-order valence-corrected chi connectivity index (χ4v) is 10.1. The van der Waals surface area contributed by atoms with Gasteiger partial charge in [0.15, 0.2) is 5.82 Å². The van der Waals surface area contributed by atoms with Gasteiger partial charge >= 0.3 is 0 Å². The summed E-state index contributed by atoms with van der Waals surface area (Å²) in [6.45, 7) is 10.8. The van der Waals surface area contributed by atoms with Crippen LogP contribution in [-0.4, -0.2) is 84.4 Å². The molecule has 16 heteroatoms. The molecule has 1 saturated carbocycles. The van der Waals surface area contributed by atoms with Crippen molar-refractivity contribution in [3.63, 3.8) is 0 Å². The van der Waals surface area contributed by atoms with Crippen molar-refractivity contribution in [2.75, 3.05) is 50.0 Å². The molecule has 8 rings (SSSR count). The van der Waals surface area contributed by atoms with E-state index in [2.05, 4.69) is 55.7 Å². The Morgan fingerprint density at radius 3 is 2.45 bits per heavy atom. The van der Waals surface area contributed by atoms with Gasteiger partial charge < -0.3 is 25.2 Å². The number of nitrogens with one attached hydrogen (secondary N) is 2. The lowest BCUT2D eigenvalue weighted by molar-refractivity contribution is 0.00127. The van der Waals surface area contributed by atoms with Crippen molar-refractivity contribution >= 4 is 67.1 Å². The second-order valence-corrected chi connectivity index (χ2v) is 20.4. The molecule has 2 aromatic heterocycles. The minimum Gasteiger partial charge on any atom is -0.476 e. The van der Waals surface area contributed by atoms with E-state index >= 15 is 0 Å². The highest BCUT2D eigenvalue weighted by molar-refractivity contribution is 7.90. The molecule has 3 aliphatic rings. The van der Waals surface area contributed by atoms with Crippen LogP contribution in [0.1, 0.15) is 81.6 Å². The molecule has 0 atom stereocenters. The predicted octanol–water partition coefficient (Wildman–Crippen LogP) is 8.86. The predicted molar refractivity (Wildman–Crippen MR) is 244 cm³/mol. The van der Waals surface area contributed by atoms with E-state index in [9.17, 15) is 18.3 Å². The quantitative estimate of drug-likeness (QED) is 0.0941. The number of nitrogen functional groups attached to an aromatic ring is 1. The number of piperazine rings is 1. The third-order valence-electron chi connectivity index (χ3n) is 12.5. The van der Waals surface area contributed by atoms with Gasteiger partial charge in [0.1, 0.15) is 21.4 Å². The summed E-state index contributed by atoms with van der Waals surface area (Å²) in [7, 11) is -4.44. The first-order valence-corrected chi connectivity index (χ1v) is 23.3. The summed E-state index contributed by atoms with van der Waals surface area (Å²) < 4.78 is 41.8. The van der Waals surface area contributed by atoms with E-state index in [0.717, 1.165) is 81.7 Å². The number of aliphatic hydroxyl groups is 1. The maximum Gasteiger partial charge on any atom is 0.268 e. The van der Waals surface area contributed by atoms with Crippen LogP contribution in [-0.2, 0) is 10.0 Å². The van der Waals surface area contributed by atoms with Crippen LogP contribution < -0.4 is 24.8 Å². The lowest BCUT2D eigenvalue weighted by Crippen LogP contribution is -2.47. The fourth-order valence-electron chi connectivity index (χ4n) is 8.71. The molecule has 5 aromatic rings. The smallest absolute Gasteiger partial charge is 0.268 e. The summed E-state index contributed by atoms with van der Waals surface area (Å²) in [6.07, 6.45) is 7.24. The molecule has 1 saturated heterocycles. The summed E-state index contributed by atoms with van der Waals surface area (Å²) >= 11 is 12.7. The number of aromatic amines is 1. The molecule has 0 radical (unpaired) electrons. The van der Waals surface area contributed by atoms with Crippen LogP contribution in [0.3, 0.4) is 0 Å². The number of nitrogens with zero attached hydrogens (tertiary/aromatic N) is 4. The van der Waals surface area contributed by atoms with Crippen molar-refractivity contribution in [3.05, 3.63) is 99.7 Å². The summed E-state index contributed by atoms with van der Waals surface area (Å²) in [5, 5.41) is 18.5. The Balaban J connectivity index is 0.993. The van der Waals surface area contributed by atoms with Crippen LogP contribution in [0.5, 0.6) is 17.4 Å². The summed E-state index contributed by atoms with van der Waals surface area (Å²) in [5.41, 5.74) is 11.3. The number of hydrogen-bond acceptors (Lipinski definition) is 11. The number of pyridine rings is 1. The van der Waals surface area contributed by atoms with Crippen molar-refractivity contribution in [3.8, 4) is 17.4 Å². The molecule has 2 fully saturated rings. The molecule has 0 unspecified atom stereocenters. The van der Waals surface area contributed by atoms with E-state index in [-0.39, 0.29) is 44.3 Å². The number of sulfonamides is 1. The van der Waals surface area contributed by atoms with E-state index in [4.69, 9.17) is 38.4 Å². The number of anilines is 2. The SMILES string of the molecule is CC1(C)CCC(CN2CCN(c3ccc(C(=O)NS(=O)(=O)c4cnc(OCC5CCC(C)(O)CC5)c(Cl)c4)c(Oc4cccc5[nH]nc(N)c45)c3)CC2)=C(c2ccc(Cl)cc2)C1. The zero-order chi connectivity index (χ0) is 43.8. The number of carbonyl (C=O) groups excluding carboxylic acids is 1. The molecule has 3 aromatic carbocycles. The molecule has 0 spiro atoms. The molecule has 328 valence electrons. The van der Waals surface area contributed by atoms with Crippen LogP contribution in [0.2, 0.25) is 10.0 Å². The molecule has 0 bridgehead atoms.